The number of amides is 2. The summed E-state index contributed by atoms with van der Waals surface area (Å²) in [6, 6.07) is 9.56. The lowest BCUT2D eigenvalue weighted by Gasteiger charge is -2.27. The number of carbonyl (C=O) groups excluding carboxylic acids is 2. The molecule has 1 aliphatic heterocycles. The van der Waals surface area contributed by atoms with Crippen LogP contribution in [0, 0.1) is 0 Å². The van der Waals surface area contributed by atoms with Gasteiger partial charge in [-0.1, -0.05) is 30.3 Å². The van der Waals surface area contributed by atoms with Crippen LogP contribution in [0.5, 0.6) is 0 Å². The number of nitrogens with zero attached hydrogens (tertiary/aromatic N) is 1. The van der Waals surface area contributed by atoms with E-state index in [1.54, 1.807) is 11.0 Å². The maximum Gasteiger partial charge on any atom is 0.244 e. The van der Waals surface area contributed by atoms with E-state index < -0.39 is 0 Å². The van der Waals surface area contributed by atoms with Gasteiger partial charge in [0.15, 0.2) is 0 Å². The van der Waals surface area contributed by atoms with Crippen LogP contribution in [0.3, 0.4) is 0 Å². The van der Waals surface area contributed by atoms with Crippen molar-refractivity contribution in [3.8, 4) is 0 Å². The van der Waals surface area contributed by atoms with Crippen LogP contribution in [0.25, 0.3) is 6.08 Å². The second kappa shape index (κ2) is 7.45. The summed E-state index contributed by atoms with van der Waals surface area (Å²) in [5, 5.41) is 5.79. The van der Waals surface area contributed by atoms with E-state index in [-0.39, 0.29) is 18.4 Å². The molecule has 2 amide bonds. The molecule has 1 aromatic rings. The largest absolute Gasteiger partial charge is 0.343 e. The average molecular weight is 273 g/mol. The SMILES string of the molecule is O=C(/C=C/c1ccccc1)NCC(=O)N1CCNCC1. The van der Waals surface area contributed by atoms with Gasteiger partial charge < -0.3 is 15.5 Å². The molecule has 5 heteroatoms. The maximum absolute atomic E-state index is 11.8. The summed E-state index contributed by atoms with van der Waals surface area (Å²) in [6.45, 7) is 3.09. The number of benzene rings is 1. The van der Waals surface area contributed by atoms with Gasteiger partial charge in [-0.3, -0.25) is 9.59 Å². The van der Waals surface area contributed by atoms with Crippen molar-refractivity contribution >= 4 is 17.9 Å². The predicted octanol–water partition coefficient (Wildman–Crippen LogP) is 0.248. The number of hydrogen-bond donors (Lipinski definition) is 2. The van der Waals surface area contributed by atoms with Crippen LogP contribution in [-0.2, 0) is 9.59 Å². The zero-order chi connectivity index (χ0) is 14.2. The third-order valence-corrected chi connectivity index (χ3v) is 3.11. The average Bonchev–Trinajstić information content (AvgIpc) is 2.52. The first-order valence-corrected chi connectivity index (χ1v) is 6.75. The van der Waals surface area contributed by atoms with E-state index in [9.17, 15) is 9.59 Å². The van der Waals surface area contributed by atoms with Gasteiger partial charge in [0.25, 0.3) is 0 Å². The number of nitrogens with one attached hydrogen (secondary N) is 2. The molecule has 0 atom stereocenters. The number of carbonyl (C=O) groups is 2. The molecule has 0 bridgehead atoms. The van der Waals surface area contributed by atoms with Crippen molar-refractivity contribution in [2.75, 3.05) is 32.7 Å². The first kappa shape index (κ1) is 14.3. The van der Waals surface area contributed by atoms with Gasteiger partial charge in [0.1, 0.15) is 0 Å². The summed E-state index contributed by atoms with van der Waals surface area (Å²) < 4.78 is 0. The van der Waals surface area contributed by atoms with Gasteiger partial charge in [-0.05, 0) is 11.6 Å². The zero-order valence-corrected chi connectivity index (χ0v) is 11.3. The molecule has 1 aromatic carbocycles. The minimum atomic E-state index is -0.252. The van der Waals surface area contributed by atoms with Crippen LogP contribution in [0.15, 0.2) is 36.4 Å². The smallest absolute Gasteiger partial charge is 0.244 e. The number of piperazine rings is 1. The molecule has 0 spiro atoms. The molecule has 0 saturated carbocycles. The predicted molar refractivity (Wildman–Crippen MR) is 77.9 cm³/mol. The minimum absolute atomic E-state index is 0.0343. The van der Waals surface area contributed by atoms with E-state index in [1.807, 2.05) is 30.3 Å². The second-order valence-corrected chi connectivity index (χ2v) is 4.59. The fraction of sp³-hybridized carbons (Fsp3) is 0.333. The summed E-state index contributed by atoms with van der Waals surface area (Å²) in [5.41, 5.74) is 0.955. The van der Waals surface area contributed by atoms with E-state index in [4.69, 9.17) is 0 Å². The molecule has 0 aromatic heterocycles. The molecule has 0 unspecified atom stereocenters. The lowest BCUT2D eigenvalue weighted by atomic mass is 10.2. The highest BCUT2D eigenvalue weighted by molar-refractivity contribution is 5.94. The van der Waals surface area contributed by atoms with Gasteiger partial charge >= 0.3 is 0 Å². The van der Waals surface area contributed by atoms with Crippen LogP contribution < -0.4 is 10.6 Å². The van der Waals surface area contributed by atoms with Gasteiger partial charge in [-0.15, -0.1) is 0 Å². The molecule has 1 fully saturated rings. The van der Waals surface area contributed by atoms with Crippen molar-refractivity contribution in [2.45, 2.75) is 0 Å². The fourth-order valence-electron chi connectivity index (χ4n) is 1.98. The zero-order valence-electron chi connectivity index (χ0n) is 11.3. The molecule has 0 aliphatic carbocycles. The normalized spacial score (nSPS) is 15.3. The molecule has 1 aliphatic rings. The van der Waals surface area contributed by atoms with Crippen LogP contribution in [0.4, 0.5) is 0 Å². The maximum atomic E-state index is 11.8. The highest BCUT2D eigenvalue weighted by atomic mass is 16.2. The first-order valence-electron chi connectivity index (χ1n) is 6.75. The van der Waals surface area contributed by atoms with Gasteiger partial charge in [-0.25, -0.2) is 0 Å². The first-order chi connectivity index (χ1) is 9.75. The van der Waals surface area contributed by atoms with E-state index in [2.05, 4.69) is 10.6 Å². The lowest BCUT2D eigenvalue weighted by molar-refractivity contribution is -0.132. The quantitative estimate of drug-likeness (QED) is 0.773. The highest BCUT2D eigenvalue weighted by Crippen LogP contribution is 2.00. The van der Waals surface area contributed by atoms with Crippen molar-refractivity contribution in [1.29, 1.82) is 0 Å². The van der Waals surface area contributed by atoms with Crippen molar-refractivity contribution in [3.05, 3.63) is 42.0 Å². The minimum Gasteiger partial charge on any atom is -0.343 e. The Hall–Kier alpha value is -2.14. The summed E-state index contributed by atoms with van der Waals surface area (Å²) in [6.07, 6.45) is 3.17. The van der Waals surface area contributed by atoms with Gasteiger partial charge in [0.2, 0.25) is 11.8 Å². The lowest BCUT2D eigenvalue weighted by Crippen LogP contribution is -2.49. The Morgan fingerprint density at radius 2 is 1.90 bits per heavy atom. The number of rotatable bonds is 4. The molecular weight excluding hydrogens is 254 g/mol. The van der Waals surface area contributed by atoms with Gasteiger partial charge in [0, 0.05) is 32.3 Å². The Kier molecular flexibility index (Phi) is 5.32. The Labute approximate surface area is 118 Å². The van der Waals surface area contributed by atoms with Crippen molar-refractivity contribution in [2.24, 2.45) is 0 Å². The summed E-state index contributed by atoms with van der Waals surface area (Å²) >= 11 is 0. The van der Waals surface area contributed by atoms with E-state index in [0.717, 1.165) is 18.7 Å². The Morgan fingerprint density at radius 1 is 1.20 bits per heavy atom. The fourth-order valence-corrected chi connectivity index (χ4v) is 1.98. The van der Waals surface area contributed by atoms with E-state index in [1.165, 1.54) is 6.08 Å². The molecule has 5 nitrogen and oxygen atoms in total. The standard InChI is InChI=1S/C15H19N3O2/c19-14(7-6-13-4-2-1-3-5-13)17-12-15(20)18-10-8-16-9-11-18/h1-7,16H,8-12H2,(H,17,19)/b7-6+. The molecule has 2 rings (SSSR count). The Bertz CT molecular complexity index is 479. The molecular formula is C15H19N3O2. The third kappa shape index (κ3) is 4.51. The Balaban J connectivity index is 1.74. The molecule has 2 N–H and O–H groups in total. The van der Waals surface area contributed by atoms with Crippen molar-refractivity contribution < 1.29 is 9.59 Å². The van der Waals surface area contributed by atoms with E-state index >= 15 is 0 Å². The van der Waals surface area contributed by atoms with Gasteiger partial charge in [0.05, 0.1) is 6.54 Å². The monoisotopic (exact) mass is 273 g/mol. The highest BCUT2D eigenvalue weighted by Gasteiger charge is 2.15. The molecule has 106 valence electrons. The molecule has 1 saturated heterocycles. The summed E-state index contributed by atoms with van der Waals surface area (Å²) in [4.78, 5) is 25.2. The summed E-state index contributed by atoms with van der Waals surface area (Å²) in [7, 11) is 0. The van der Waals surface area contributed by atoms with Crippen LogP contribution in [-0.4, -0.2) is 49.4 Å². The van der Waals surface area contributed by atoms with Crippen LogP contribution in [0.2, 0.25) is 0 Å². The van der Waals surface area contributed by atoms with E-state index in [0.29, 0.717) is 13.1 Å². The van der Waals surface area contributed by atoms with Crippen molar-refractivity contribution in [1.82, 2.24) is 15.5 Å². The molecule has 0 radical (unpaired) electrons. The molecule has 20 heavy (non-hydrogen) atoms. The third-order valence-electron chi connectivity index (χ3n) is 3.11. The second-order valence-electron chi connectivity index (χ2n) is 4.59. The van der Waals surface area contributed by atoms with Crippen molar-refractivity contribution in [3.63, 3.8) is 0 Å². The van der Waals surface area contributed by atoms with Crippen LogP contribution >= 0.6 is 0 Å². The van der Waals surface area contributed by atoms with Crippen LogP contribution in [0.1, 0.15) is 5.56 Å². The topological polar surface area (TPSA) is 61.4 Å². The summed E-state index contributed by atoms with van der Waals surface area (Å²) in [5.74, 6) is -0.287. The number of hydrogen-bond acceptors (Lipinski definition) is 3. The van der Waals surface area contributed by atoms with Gasteiger partial charge in [-0.2, -0.15) is 0 Å². The Morgan fingerprint density at radius 3 is 2.60 bits per heavy atom. The molecule has 1 heterocycles.